The van der Waals surface area contributed by atoms with Crippen molar-refractivity contribution in [3.8, 4) is 0 Å². The van der Waals surface area contributed by atoms with Gasteiger partial charge < -0.3 is 10.2 Å². The number of likely N-dealkylation sites (tertiary alicyclic amines) is 1. The van der Waals surface area contributed by atoms with Crippen LogP contribution in [0.4, 0.5) is 0 Å². The van der Waals surface area contributed by atoms with E-state index in [1.807, 2.05) is 18.8 Å². The van der Waals surface area contributed by atoms with E-state index in [9.17, 15) is 4.79 Å². The van der Waals surface area contributed by atoms with Crippen LogP contribution in [0.3, 0.4) is 0 Å². The van der Waals surface area contributed by atoms with E-state index in [2.05, 4.69) is 10.3 Å². The van der Waals surface area contributed by atoms with Crippen LogP contribution in [0, 0.1) is 5.41 Å². The maximum absolute atomic E-state index is 11.8. The van der Waals surface area contributed by atoms with Crippen molar-refractivity contribution in [2.24, 2.45) is 10.4 Å². The fourth-order valence-electron chi connectivity index (χ4n) is 3.17. The Morgan fingerprint density at radius 3 is 2.78 bits per heavy atom. The van der Waals surface area contributed by atoms with E-state index in [1.165, 1.54) is 31.4 Å². The summed E-state index contributed by atoms with van der Waals surface area (Å²) in [6.07, 6.45) is 6.30. The summed E-state index contributed by atoms with van der Waals surface area (Å²) in [6, 6.07) is -0.0427. The third kappa shape index (κ3) is 2.25. The van der Waals surface area contributed by atoms with E-state index < -0.39 is 0 Å². The van der Waals surface area contributed by atoms with Crippen LogP contribution in [0.25, 0.3) is 0 Å². The fourth-order valence-corrected chi connectivity index (χ4v) is 4.38. The Hall–Kier alpha value is -0.710. The average molecular weight is 267 g/mol. The van der Waals surface area contributed by atoms with E-state index in [1.54, 1.807) is 4.90 Å². The van der Waals surface area contributed by atoms with E-state index >= 15 is 0 Å². The molecule has 0 bridgehead atoms. The zero-order valence-corrected chi connectivity index (χ0v) is 11.8. The normalized spacial score (nSPS) is 30.9. The molecule has 2 heterocycles. The highest BCUT2D eigenvalue weighted by Crippen LogP contribution is 2.43. The first-order valence-electron chi connectivity index (χ1n) is 6.87. The Kier molecular flexibility index (Phi) is 3.26. The Balaban J connectivity index is 1.58. The molecule has 0 aromatic rings. The van der Waals surface area contributed by atoms with Crippen LogP contribution >= 0.6 is 11.8 Å². The summed E-state index contributed by atoms with van der Waals surface area (Å²) in [5, 5.41) is 4.31. The molecule has 1 unspecified atom stereocenters. The molecular formula is C13H21N3OS. The predicted octanol–water partition coefficient (Wildman–Crippen LogP) is 1.47. The van der Waals surface area contributed by atoms with Gasteiger partial charge in [-0.2, -0.15) is 0 Å². The summed E-state index contributed by atoms with van der Waals surface area (Å²) in [5.41, 5.74) is 0.478. The van der Waals surface area contributed by atoms with Gasteiger partial charge in [0.15, 0.2) is 5.17 Å². The molecule has 18 heavy (non-hydrogen) atoms. The first kappa shape index (κ1) is 12.3. The highest BCUT2D eigenvalue weighted by molar-refractivity contribution is 8.13. The fraction of sp³-hybridized carbons (Fsp3) is 0.846. The second-order valence-corrected chi connectivity index (χ2v) is 6.83. The highest BCUT2D eigenvalue weighted by atomic mass is 32.2. The Morgan fingerprint density at radius 1 is 1.44 bits per heavy atom. The van der Waals surface area contributed by atoms with Gasteiger partial charge in [0.1, 0.15) is 6.04 Å². The van der Waals surface area contributed by atoms with Crippen molar-refractivity contribution in [2.75, 3.05) is 25.9 Å². The number of thioether (sulfide) groups is 1. The molecule has 1 saturated heterocycles. The Bertz CT molecular complexity index is 376. The second kappa shape index (κ2) is 4.76. The standard InChI is InChI=1S/C13H21N3OS/c1-16-7-4-10(11(16)17)15-12-14-8-13(9-18-12)5-2-3-6-13/h10H,2-9H2,1H3,(H,14,15). The highest BCUT2D eigenvalue weighted by Gasteiger charge is 2.37. The minimum Gasteiger partial charge on any atom is -0.353 e. The zero-order chi connectivity index (χ0) is 12.6. The van der Waals surface area contributed by atoms with Crippen LogP contribution in [0.5, 0.6) is 0 Å². The number of nitrogens with one attached hydrogen (secondary N) is 1. The first-order valence-corrected chi connectivity index (χ1v) is 7.86. The number of likely N-dealkylation sites (N-methyl/N-ethyl adjacent to an activating group) is 1. The molecule has 2 aliphatic heterocycles. The van der Waals surface area contributed by atoms with Gasteiger partial charge in [0.2, 0.25) is 5.91 Å². The van der Waals surface area contributed by atoms with Crippen molar-refractivity contribution in [3.05, 3.63) is 0 Å². The number of hydrogen-bond acceptors (Lipinski definition) is 4. The van der Waals surface area contributed by atoms with Crippen molar-refractivity contribution < 1.29 is 4.79 Å². The molecule has 4 nitrogen and oxygen atoms in total. The van der Waals surface area contributed by atoms with Crippen LogP contribution in [0.1, 0.15) is 32.1 Å². The number of aliphatic imine (C=N–C) groups is 1. The minimum absolute atomic E-state index is 0.0427. The van der Waals surface area contributed by atoms with E-state index in [0.29, 0.717) is 5.41 Å². The average Bonchev–Trinajstić information content (AvgIpc) is 2.95. The molecule has 5 heteroatoms. The van der Waals surface area contributed by atoms with Gasteiger partial charge in [0, 0.05) is 25.9 Å². The topological polar surface area (TPSA) is 44.7 Å². The number of carbonyl (C=O) groups is 1. The number of amidine groups is 1. The molecule has 0 aromatic carbocycles. The van der Waals surface area contributed by atoms with Crippen molar-refractivity contribution in [2.45, 2.75) is 38.1 Å². The lowest BCUT2D eigenvalue weighted by atomic mass is 9.89. The summed E-state index contributed by atoms with van der Waals surface area (Å²) in [6.45, 7) is 1.82. The Morgan fingerprint density at radius 2 is 2.22 bits per heavy atom. The molecule has 1 aliphatic carbocycles. The van der Waals surface area contributed by atoms with Gasteiger partial charge in [-0.1, -0.05) is 24.6 Å². The number of carbonyl (C=O) groups excluding carboxylic acids is 1. The van der Waals surface area contributed by atoms with Crippen molar-refractivity contribution in [3.63, 3.8) is 0 Å². The summed E-state index contributed by atoms with van der Waals surface area (Å²) in [5.74, 6) is 1.38. The van der Waals surface area contributed by atoms with Crippen molar-refractivity contribution >= 4 is 22.8 Å². The van der Waals surface area contributed by atoms with Crippen LogP contribution in [-0.4, -0.2) is 47.9 Å². The molecule has 1 atom stereocenters. The summed E-state index contributed by atoms with van der Waals surface area (Å²) in [7, 11) is 1.87. The molecule has 3 rings (SSSR count). The van der Waals surface area contributed by atoms with Crippen LogP contribution < -0.4 is 5.32 Å². The lowest BCUT2D eigenvalue weighted by Crippen LogP contribution is -2.42. The number of hydrogen-bond donors (Lipinski definition) is 1. The third-order valence-corrected chi connectivity index (χ3v) is 5.74. The predicted molar refractivity (Wildman–Crippen MR) is 74.8 cm³/mol. The van der Waals surface area contributed by atoms with Gasteiger partial charge in [-0.3, -0.25) is 9.79 Å². The summed E-state index contributed by atoms with van der Waals surface area (Å²) >= 11 is 1.82. The molecule has 1 N–H and O–H groups in total. The van der Waals surface area contributed by atoms with E-state index in [-0.39, 0.29) is 11.9 Å². The zero-order valence-electron chi connectivity index (χ0n) is 10.9. The maximum Gasteiger partial charge on any atom is 0.244 e. The van der Waals surface area contributed by atoms with Crippen LogP contribution in [0.15, 0.2) is 4.99 Å². The van der Waals surface area contributed by atoms with Gasteiger partial charge in [-0.25, -0.2) is 0 Å². The number of rotatable bonds is 1. The molecule has 1 saturated carbocycles. The quantitative estimate of drug-likeness (QED) is 0.782. The Labute approximate surface area is 113 Å². The van der Waals surface area contributed by atoms with Crippen molar-refractivity contribution in [1.29, 1.82) is 0 Å². The van der Waals surface area contributed by atoms with E-state index in [0.717, 1.165) is 24.7 Å². The maximum atomic E-state index is 11.8. The molecule has 3 aliphatic rings. The van der Waals surface area contributed by atoms with Gasteiger partial charge in [0.05, 0.1) is 0 Å². The second-order valence-electron chi connectivity index (χ2n) is 5.86. The van der Waals surface area contributed by atoms with Gasteiger partial charge in [0.25, 0.3) is 0 Å². The molecule has 1 spiro atoms. The van der Waals surface area contributed by atoms with Crippen molar-refractivity contribution in [1.82, 2.24) is 10.2 Å². The molecule has 100 valence electrons. The van der Waals surface area contributed by atoms with E-state index in [4.69, 9.17) is 0 Å². The van der Waals surface area contributed by atoms with Crippen LogP contribution in [0.2, 0.25) is 0 Å². The SMILES string of the molecule is CN1CCC(NC2=NCC3(CCCC3)CS2)C1=O. The molecule has 1 amide bonds. The largest absolute Gasteiger partial charge is 0.353 e. The lowest BCUT2D eigenvalue weighted by Gasteiger charge is -2.31. The molecule has 0 radical (unpaired) electrons. The summed E-state index contributed by atoms with van der Waals surface area (Å²) < 4.78 is 0. The van der Waals surface area contributed by atoms with Gasteiger partial charge in [-0.05, 0) is 24.7 Å². The van der Waals surface area contributed by atoms with Gasteiger partial charge in [-0.15, -0.1) is 0 Å². The molecule has 2 fully saturated rings. The number of nitrogens with zero attached hydrogens (tertiary/aromatic N) is 2. The first-order chi connectivity index (χ1) is 8.69. The monoisotopic (exact) mass is 267 g/mol. The minimum atomic E-state index is -0.0427. The molecule has 0 aromatic heterocycles. The van der Waals surface area contributed by atoms with Gasteiger partial charge >= 0.3 is 0 Å². The van der Waals surface area contributed by atoms with Crippen LogP contribution in [-0.2, 0) is 4.79 Å². The molecular weight excluding hydrogens is 246 g/mol. The third-order valence-electron chi connectivity index (χ3n) is 4.46. The number of amides is 1. The summed E-state index contributed by atoms with van der Waals surface area (Å²) in [4.78, 5) is 18.3. The smallest absolute Gasteiger partial charge is 0.244 e. The lowest BCUT2D eigenvalue weighted by molar-refractivity contribution is -0.127.